The number of hydrogen-bond donors (Lipinski definition) is 1. The second-order valence-corrected chi connectivity index (χ2v) is 4.66. The molecule has 0 spiro atoms. The van der Waals surface area contributed by atoms with Gasteiger partial charge < -0.3 is 5.32 Å². The number of carbonyl (C=O) groups is 1. The van der Waals surface area contributed by atoms with Crippen molar-refractivity contribution in [1.29, 1.82) is 0 Å². The number of aromatic nitrogens is 1. The number of rotatable bonds is 4. The van der Waals surface area contributed by atoms with E-state index in [4.69, 9.17) is 0 Å². The highest BCUT2D eigenvalue weighted by molar-refractivity contribution is 7.07. The number of nitrogens with zero attached hydrogens (tertiary/aromatic N) is 1. The summed E-state index contributed by atoms with van der Waals surface area (Å²) in [4.78, 5) is 15.7. The lowest BCUT2D eigenvalue weighted by Gasteiger charge is -2.12. The molecular formula is C13H14N2OS. The summed E-state index contributed by atoms with van der Waals surface area (Å²) >= 11 is 1.43. The van der Waals surface area contributed by atoms with Gasteiger partial charge in [0.2, 0.25) is 0 Å². The largest absolute Gasteiger partial charge is 0.348 e. The minimum atomic E-state index is -0.102. The summed E-state index contributed by atoms with van der Waals surface area (Å²) in [6, 6.07) is 10.2. The molecule has 2 aromatic rings. The van der Waals surface area contributed by atoms with E-state index in [-0.39, 0.29) is 11.9 Å². The zero-order valence-corrected chi connectivity index (χ0v) is 10.4. The Bertz CT molecular complexity index is 467. The third-order valence-corrected chi connectivity index (χ3v) is 3.01. The van der Waals surface area contributed by atoms with Gasteiger partial charge in [0.25, 0.3) is 5.91 Å². The van der Waals surface area contributed by atoms with E-state index in [1.54, 1.807) is 10.9 Å². The zero-order chi connectivity index (χ0) is 12.1. The van der Waals surface area contributed by atoms with Gasteiger partial charge in [-0.1, -0.05) is 30.3 Å². The third-order valence-electron chi connectivity index (χ3n) is 2.43. The van der Waals surface area contributed by atoms with Crippen molar-refractivity contribution in [3.05, 3.63) is 52.5 Å². The molecule has 0 saturated heterocycles. The van der Waals surface area contributed by atoms with Gasteiger partial charge in [-0.05, 0) is 18.9 Å². The van der Waals surface area contributed by atoms with Gasteiger partial charge in [0.1, 0.15) is 5.69 Å². The molecule has 0 radical (unpaired) electrons. The first-order chi connectivity index (χ1) is 8.25. The number of benzene rings is 1. The van der Waals surface area contributed by atoms with Gasteiger partial charge in [-0.25, -0.2) is 4.98 Å². The highest BCUT2D eigenvalue weighted by Gasteiger charge is 2.11. The summed E-state index contributed by atoms with van der Waals surface area (Å²) in [5.74, 6) is -0.102. The van der Waals surface area contributed by atoms with E-state index in [0.717, 1.165) is 6.42 Å². The lowest BCUT2D eigenvalue weighted by atomic mass is 10.1. The van der Waals surface area contributed by atoms with E-state index < -0.39 is 0 Å². The van der Waals surface area contributed by atoms with Gasteiger partial charge in [0.15, 0.2) is 0 Å². The van der Waals surface area contributed by atoms with Crippen molar-refractivity contribution < 1.29 is 4.79 Å². The monoisotopic (exact) mass is 246 g/mol. The van der Waals surface area contributed by atoms with Crippen molar-refractivity contribution in [2.75, 3.05) is 0 Å². The van der Waals surface area contributed by atoms with Crippen molar-refractivity contribution in [3.8, 4) is 0 Å². The molecule has 1 atom stereocenters. The number of carbonyl (C=O) groups excluding carboxylic acids is 1. The Labute approximate surface area is 105 Å². The van der Waals surface area contributed by atoms with E-state index >= 15 is 0 Å². The van der Waals surface area contributed by atoms with Gasteiger partial charge in [-0.3, -0.25) is 4.79 Å². The molecule has 2 rings (SSSR count). The predicted octanol–water partition coefficient (Wildman–Crippen LogP) is 2.50. The van der Waals surface area contributed by atoms with Crippen LogP contribution in [0.5, 0.6) is 0 Å². The van der Waals surface area contributed by atoms with Crippen LogP contribution in [0.1, 0.15) is 23.0 Å². The van der Waals surface area contributed by atoms with E-state index in [1.165, 1.54) is 16.9 Å². The smallest absolute Gasteiger partial charge is 0.270 e. The summed E-state index contributed by atoms with van der Waals surface area (Å²) in [5, 5.41) is 4.69. The SMILES string of the molecule is CC(Cc1ccccc1)NC(=O)c1cscn1. The van der Waals surface area contributed by atoms with Crippen LogP contribution in [0.4, 0.5) is 0 Å². The van der Waals surface area contributed by atoms with E-state index in [2.05, 4.69) is 22.4 Å². The summed E-state index contributed by atoms with van der Waals surface area (Å²) < 4.78 is 0. The average molecular weight is 246 g/mol. The van der Waals surface area contributed by atoms with Crippen LogP contribution in [-0.2, 0) is 6.42 Å². The van der Waals surface area contributed by atoms with Crippen LogP contribution in [0.3, 0.4) is 0 Å². The maximum Gasteiger partial charge on any atom is 0.270 e. The summed E-state index contributed by atoms with van der Waals surface area (Å²) in [6.45, 7) is 2.00. The summed E-state index contributed by atoms with van der Waals surface area (Å²) in [6.07, 6.45) is 0.830. The fraction of sp³-hybridized carbons (Fsp3) is 0.231. The predicted molar refractivity (Wildman–Crippen MR) is 69.2 cm³/mol. The first-order valence-electron chi connectivity index (χ1n) is 5.48. The Morgan fingerprint density at radius 3 is 2.82 bits per heavy atom. The van der Waals surface area contributed by atoms with Gasteiger partial charge in [-0.15, -0.1) is 11.3 Å². The fourth-order valence-electron chi connectivity index (χ4n) is 1.64. The number of amides is 1. The Balaban J connectivity index is 1.90. The molecule has 0 aliphatic rings. The molecule has 1 amide bonds. The molecule has 0 aliphatic carbocycles. The molecule has 0 bridgehead atoms. The van der Waals surface area contributed by atoms with Crippen LogP contribution in [0.2, 0.25) is 0 Å². The van der Waals surface area contributed by atoms with Crippen molar-refractivity contribution in [2.45, 2.75) is 19.4 Å². The minimum absolute atomic E-state index is 0.102. The second-order valence-electron chi connectivity index (χ2n) is 3.94. The molecule has 0 saturated carbocycles. The molecular weight excluding hydrogens is 232 g/mol. The Kier molecular flexibility index (Phi) is 3.88. The summed E-state index contributed by atoms with van der Waals surface area (Å²) in [5.41, 5.74) is 3.38. The highest BCUT2D eigenvalue weighted by atomic mass is 32.1. The third kappa shape index (κ3) is 3.39. The number of hydrogen-bond acceptors (Lipinski definition) is 3. The standard InChI is InChI=1S/C13H14N2OS/c1-10(7-11-5-3-2-4-6-11)15-13(16)12-8-17-9-14-12/h2-6,8-10H,7H2,1H3,(H,15,16). The Morgan fingerprint density at radius 2 is 2.18 bits per heavy atom. The van der Waals surface area contributed by atoms with Crippen LogP contribution in [0.15, 0.2) is 41.2 Å². The molecule has 1 N–H and O–H groups in total. The molecule has 1 aromatic carbocycles. The molecule has 17 heavy (non-hydrogen) atoms. The molecule has 1 heterocycles. The Hall–Kier alpha value is -1.68. The van der Waals surface area contributed by atoms with Crippen LogP contribution < -0.4 is 5.32 Å². The second kappa shape index (κ2) is 5.59. The van der Waals surface area contributed by atoms with Crippen LogP contribution in [0.25, 0.3) is 0 Å². The number of thiazole rings is 1. The van der Waals surface area contributed by atoms with Crippen LogP contribution in [-0.4, -0.2) is 16.9 Å². The molecule has 0 fully saturated rings. The van der Waals surface area contributed by atoms with E-state index in [9.17, 15) is 4.79 Å². The average Bonchev–Trinajstić information content (AvgIpc) is 2.83. The maximum absolute atomic E-state index is 11.7. The van der Waals surface area contributed by atoms with Crippen LogP contribution in [0, 0.1) is 0 Å². The van der Waals surface area contributed by atoms with Crippen molar-refractivity contribution in [3.63, 3.8) is 0 Å². The van der Waals surface area contributed by atoms with E-state index in [0.29, 0.717) is 5.69 Å². The molecule has 1 unspecified atom stereocenters. The van der Waals surface area contributed by atoms with Gasteiger partial charge in [0, 0.05) is 11.4 Å². The molecule has 0 aliphatic heterocycles. The minimum Gasteiger partial charge on any atom is -0.348 e. The fourth-order valence-corrected chi connectivity index (χ4v) is 2.17. The van der Waals surface area contributed by atoms with Gasteiger partial charge in [0.05, 0.1) is 5.51 Å². The molecule has 3 nitrogen and oxygen atoms in total. The quantitative estimate of drug-likeness (QED) is 0.900. The van der Waals surface area contributed by atoms with Crippen molar-refractivity contribution in [2.24, 2.45) is 0 Å². The van der Waals surface area contributed by atoms with Crippen molar-refractivity contribution >= 4 is 17.2 Å². The zero-order valence-electron chi connectivity index (χ0n) is 9.59. The lowest BCUT2D eigenvalue weighted by Crippen LogP contribution is -2.34. The number of nitrogens with one attached hydrogen (secondary N) is 1. The molecule has 4 heteroatoms. The van der Waals surface area contributed by atoms with Gasteiger partial charge >= 0.3 is 0 Å². The first kappa shape index (κ1) is 11.8. The van der Waals surface area contributed by atoms with Crippen molar-refractivity contribution in [1.82, 2.24) is 10.3 Å². The first-order valence-corrected chi connectivity index (χ1v) is 6.43. The Morgan fingerprint density at radius 1 is 1.41 bits per heavy atom. The maximum atomic E-state index is 11.7. The normalized spacial score (nSPS) is 12.1. The van der Waals surface area contributed by atoms with Crippen LogP contribution >= 0.6 is 11.3 Å². The topological polar surface area (TPSA) is 42.0 Å². The molecule has 1 aromatic heterocycles. The highest BCUT2D eigenvalue weighted by Crippen LogP contribution is 2.05. The van der Waals surface area contributed by atoms with Gasteiger partial charge in [-0.2, -0.15) is 0 Å². The summed E-state index contributed by atoms with van der Waals surface area (Å²) in [7, 11) is 0. The lowest BCUT2D eigenvalue weighted by molar-refractivity contribution is 0.0936. The van der Waals surface area contributed by atoms with E-state index in [1.807, 2.05) is 25.1 Å². The molecule has 88 valence electrons.